The monoisotopic (exact) mass is 349 g/mol. The number of aliphatic carboxylic acids is 1. The zero-order valence-electron chi connectivity index (χ0n) is 10.5. The van der Waals surface area contributed by atoms with E-state index in [9.17, 15) is 13.2 Å². The van der Waals surface area contributed by atoms with Gasteiger partial charge >= 0.3 is 5.97 Å². The van der Waals surface area contributed by atoms with Gasteiger partial charge in [-0.25, -0.2) is 13.1 Å². The third-order valence-electron chi connectivity index (χ3n) is 2.60. The van der Waals surface area contributed by atoms with Gasteiger partial charge in [-0.3, -0.25) is 4.79 Å². The van der Waals surface area contributed by atoms with Crippen LogP contribution in [0.2, 0.25) is 0 Å². The summed E-state index contributed by atoms with van der Waals surface area (Å²) in [5.41, 5.74) is 0. The lowest BCUT2D eigenvalue weighted by atomic mass is 10.1. The van der Waals surface area contributed by atoms with Crippen LogP contribution >= 0.6 is 15.9 Å². The molecule has 0 amide bonds. The zero-order valence-corrected chi connectivity index (χ0v) is 12.9. The number of nitrogens with one attached hydrogen (secondary N) is 1. The van der Waals surface area contributed by atoms with Crippen LogP contribution in [0.1, 0.15) is 19.8 Å². The van der Waals surface area contributed by atoms with E-state index in [-0.39, 0.29) is 23.8 Å². The maximum absolute atomic E-state index is 11.9. The maximum atomic E-state index is 11.9. The molecule has 0 heterocycles. The Kier molecular flexibility index (Phi) is 5.96. The van der Waals surface area contributed by atoms with Crippen LogP contribution in [0.25, 0.3) is 0 Å². The van der Waals surface area contributed by atoms with E-state index in [1.807, 2.05) is 6.92 Å². The van der Waals surface area contributed by atoms with Crippen LogP contribution in [0.5, 0.6) is 0 Å². The van der Waals surface area contributed by atoms with Gasteiger partial charge < -0.3 is 5.11 Å². The van der Waals surface area contributed by atoms with E-state index in [2.05, 4.69) is 20.7 Å². The lowest BCUT2D eigenvalue weighted by Gasteiger charge is -2.12. The molecule has 0 aliphatic rings. The van der Waals surface area contributed by atoms with Gasteiger partial charge in [0.15, 0.2) is 0 Å². The number of carboxylic acids is 1. The number of rotatable bonds is 7. The van der Waals surface area contributed by atoms with Gasteiger partial charge in [0, 0.05) is 17.4 Å². The van der Waals surface area contributed by atoms with Gasteiger partial charge in [-0.2, -0.15) is 0 Å². The van der Waals surface area contributed by atoms with E-state index >= 15 is 0 Å². The summed E-state index contributed by atoms with van der Waals surface area (Å²) in [6.45, 7) is 2.04. The van der Waals surface area contributed by atoms with Crippen LogP contribution in [0.15, 0.2) is 33.6 Å². The quantitative estimate of drug-likeness (QED) is 0.790. The molecule has 0 aliphatic heterocycles. The molecular weight excluding hydrogens is 334 g/mol. The molecule has 0 radical (unpaired) electrons. The number of benzene rings is 1. The van der Waals surface area contributed by atoms with E-state index in [0.717, 1.165) is 4.47 Å². The van der Waals surface area contributed by atoms with Gasteiger partial charge in [0.1, 0.15) is 0 Å². The zero-order chi connectivity index (χ0) is 14.5. The van der Waals surface area contributed by atoms with Crippen LogP contribution in [0, 0.1) is 5.92 Å². The van der Waals surface area contributed by atoms with Crippen molar-refractivity contribution in [3.63, 3.8) is 0 Å². The minimum atomic E-state index is -3.53. The van der Waals surface area contributed by atoms with E-state index < -0.39 is 16.0 Å². The first-order valence-corrected chi connectivity index (χ1v) is 8.06. The van der Waals surface area contributed by atoms with E-state index in [1.54, 1.807) is 12.1 Å². The largest absolute Gasteiger partial charge is 0.481 e. The Balaban J connectivity index is 2.56. The molecule has 0 aliphatic carbocycles. The number of carbonyl (C=O) groups is 1. The lowest BCUT2D eigenvalue weighted by Crippen LogP contribution is -2.28. The molecule has 1 aromatic rings. The Morgan fingerprint density at radius 3 is 2.47 bits per heavy atom. The number of carboxylic acid groups (broad SMARTS) is 1. The second kappa shape index (κ2) is 7.02. The van der Waals surface area contributed by atoms with Crippen molar-refractivity contribution in [3.05, 3.63) is 28.7 Å². The lowest BCUT2D eigenvalue weighted by molar-refractivity contribution is -0.137. The molecule has 0 aromatic heterocycles. The molecule has 1 aromatic carbocycles. The van der Waals surface area contributed by atoms with E-state index in [0.29, 0.717) is 6.42 Å². The average Bonchev–Trinajstić information content (AvgIpc) is 2.34. The van der Waals surface area contributed by atoms with Crippen molar-refractivity contribution in [3.8, 4) is 0 Å². The first-order chi connectivity index (χ1) is 8.81. The highest BCUT2D eigenvalue weighted by molar-refractivity contribution is 9.10. The Labute approximate surface area is 121 Å². The van der Waals surface area contributed by atoms with Crippen LogP contribution < -0.4 is 4.72 Å². The molecule has 0 spiro atoms. The van der Waals surface area contributed by atoms with Gasteiger partial charge in [-0.15, -0.1) is 0 Å². The van der Waals surface area contributed by atoms with Crippen LogP contribution in [0.4, 0.5) is 0 Å². The van der Waals surface area contributed by atoms with Crippen molar-refractivity contribution in [2.75, 3.05) is 6.54 Å². The van der Waals surface area contributed by atoms with Crippen molar-refractivity contribution in [1.29, 1.82) is 0 Å². The summed E-state index contributed by atoms with van der Waals surface area (Å²) >= 11 is 3.24. The fourth-order valence-corrected chi connectivity index (χ4v) is 2.85. The molecule has 0 saturated carbocycles. The van der Waals surface area contributed by atoms with E-state index in [4.69, 9.17) is 5.11 Å². The highest BCUT2D eigenvalue weighted by atomic mass is 79.9. The summed E-state index contributed by atoms with van der Waals surface area (Å²) in [7, 11) is -3.53. The minimum Gasteiger partial charge on any atom is -0.481 e. The number of hydrogen-bond acceptors (Lipinski definition) is 3. The molecule has 1 rings (SSSR count). The Morgan fingerprint density at radius 2 is 1.95 bits per heavy atom. The third-order valence-corrected chi connectivity index (χ3v) is 4.56. The van der Waals surface area contributed by atoms with Gasteiger partial charge in [-0.1, -0.05) is 22.9 Å². The molecular formula is C12H16BrNO4S. The summed E-state index contributed by atoms with van der Waals surface area (Å²) in [6, 6.07) is 6.33. The topological polar surface area (TPSA) is 83.5 Å². The highest BCUT2D eigenvalue weighted by Gasteiger charge is 2.15. The predicted octanol–water partition coefficient (Wildman–Crippen LogP) is 2.23. The summed E-state index contributed by atoms with van der Waals surface area (Å²) < 4.78 is 27.2. The molecule has 106 valence electrons. The van der Waals surface area contributed by atoms with Crippen molar-refractivity contribution in [2.24, 2.45) is 5.92 Å². The summed E-state index contributed by atoms with van der Waals surface area (Å²) in [5, 5.41) is 8.55. The van der Waals surface area contributed by atoms with E-state index in [1.165, 1.54) is 12.1 Å². The average molecular weight is 350 g/mol. The molecule has 1 atom stereocenters. The van der Waals surface area contributed by atoms with Gasteiger partial charge in [-0.05, 0) is 36.6 Å². The normalized spacial score (nSPS) is 13.2. The first kappa shape index (κ1) is 16.1. The molecule has 7 heteroatoms. The fraction of sp³-hybridized carbons (Fsp3) is 0.417. The van der Waals surface area contributed by atoms with Crippen LogP contribution in [0.3, 0.4) is 0 Å². The Morgan fingerprint density at radius 1 is 1.37 bits per heavy atom. The number of halogens is 1. The second-order valence-electron chi connectivity index (χ2n) is 4.34. The molecule has 2 N–H and O–H groups in total. The van der Waals surface area contributed by atoms with Gasteiger partial charge in [0.2, 0.25) is 10.0 Å². The molecule has 0 bridgehead atoms. The second-order valence-corrected chi connectivity index (χ2v) is 7.03. The third kappa shape index (κ3) is 5.71. The number of hydrogen-bond donors (Lipinski definition) is 2. The molecule has 19 heavy (non-hydrogen) atoms. The van der Waals surface area contributed by atoms with Crippen LogP contribution in [-0.4, -0.2) is 26.0 Å². The summed E-state index contributed by atoms with van der Waals surface area (Å²) in [4.78, 5) is 10.6. The van der Waals surface area contributed by atoms with Gasteiger partial charge in [0.25, 0.3) is 0 Å². The molecule has 0 saturated heterocycles. The fourth-order valence-electron chi connectivity index (χ4n) is 1.42. The molecule has 5 nitrogen and oxygen atoms in total. The van der Waals surface area contributed by atoms with Crippen molar-refractivity contribution in [1.82, 2.24) is 4.72 Å². The predicted molar refractivity (Wildman–Crippen MR) is 75.4 cm³/mol. The van der Waals surface area contributed by atoms with Crippen LogP contribution in [-0.2, 0) is 14.8 Å². The summed E-state index contributed by atoms with van der Waals surface area (Å²) in [5.74, 6) is -0.899. The van der Waals surface area contributed by atoms with Gasteiger partial charge in [0.05, 0.1) is 4.90 Å². The standard InChI is InChI=1S/C12H16BrNO4S/c1-9(2-7-12(15)16)8-14-19(17,18)11-5-3-10(13)4-6-11/h3-6,9,14H,2,7-8H2,1H3,(H,15,16). The Bertz CT molecular complexity index is 527. The Hall–Kier alpha value is -0.920. The molecule has 0 fully saturated rings. The van der Waals surface area contributed by atoms with Crippen molar-refractivity contribution < 1.29 is 18.3 Å². The smallest absolute Gasteiger partial charge is 0.303 e. The number of sulfonamides is 1. The minimum absolute atomic E-state index is 0.0266. The van der Waals surface area contributed by atoms with Crippen molar-refractivity contribution in [2.45, 2.75) is 24.7 Å². The highest BCUT2D eigenvalue weighted by Crippen LogP contribution is 2.15. The maximum Gasteiger partial charge on any atom is 0.303 e. The first-order valence-electron chi connectivity index (χ1n) is 5.78. The summed E-state index contributed by atoms with van der Waals surface area (Å²) in [6.07, 6.45) is 0.485. The van der Waals surface area contributed by atoms with Crippen molar-refractivity contribution >= 4 is 31.9 Å². The molecule has 1 unspecified atom stereocenters. The SMILES string of the molecule is CC(CCC(=O)O)CNS(=O)(=O)c1ccc(Br)cc1.